The minimum Gasteiger partial charge on any atom is -0.476 e. The second-order valence-electron chi connectivity index (χ2n) is 4.04. The summed E-state index contributed by atoms with van der Waals surface area (Å²) in [5.41, 5.74) is 7.25. The van der Waals surface area contributed by atoms with E-state index >= 15 is 0 Å². The number of nitrogens with zero attached hydrogens (tertiary/aromatic N) is 2. The Morgan fingerprint density at radius 3 is 2.61 bits per heavy atom. The third-order valence-corrected chi connectivity index (χ3v) is 3.03. The fraction of sp³-hybridized carbons (Fsp3) is 0.538. The van der Waals surface area contributed by atoms with Crippen LogP contribution in [0.25, 0.3) is 0 Å². The smallest absolute Gasteiger partial charge is 0.224 e. The van der Waals surface area contributed by atoms with Gasteiger partial charge in [0.15, 0.2) is 0 Å². The topological polar surface area (TPSA) is 51.4 Å². The molecule has 0 saturated heterocycles. The monoisotopic (exact) mass is 267 g/mol. The second-order valence-corrected chi connectivity index (χ2v) is 4.48. The molecular formula is C13H21N3OS. The van der Waals surface area contributed by atoms with Crippen LogP contribution < -0.4 is 10.5 Å². The van der Waals surface area contributed by atoms with Gasteiger partial charge in [0.2, 0.25) is 5.88 Å². The molecule has 2 N–H and O–H groups in total. The highest BCUT2D eigenvalue weighted by Gasteiger charge is 2.09. The first-order valence-electron chi connectivity index (χ1n) is 6.21. The molecule has 100 valence electrons. The Kier molecular flexibility index (Phi) is 6.01. The number of likely N-dealkylation sites (N-methyl/N-ethyl adjacent to an activating group) is 1. The molecule has 1 rings (SSSR count). The van der Waals surface area contributed by atoms with Gasteiger partial charge in [-0.3, -0.25) is 0 Å². The van der Waals surface area contributed by atoms with Crippen molar-refractivity contribution in [3.63, 3.8) is 0 Å². The predicted octanol–water partition coefficient (Wildman–Crippen LogP) is 1.74. The van der Waals surface area contributed by atoms with Crippen molar-refractivity contribution in [2.45, 2.75) is 20.8 Å². The van der Waals surface area contributed by atoms with Crippen LogP contribution in [-0.2, 0) is 0 Å². The highest BCUT2D eigenvalue weighted by molar-refractivity contribution is 7.80. The molecule has 0 bridgehead atoms. The zero-order valence-electron chi connectivity index (χ0n) is 11.3. The molecule has 4 nitrogen and oxygen atoms in total. The summed E-state index contributed by atoms with van der Waals surface area (Å²) in [6.07, 6.45) is 0. The standard InChI is InChI=1S/C13H21N3OS/c1-4-16(5-2)8-9-17-13-11(12(14)18)7-6-10(3)15-13/h6-7H,4-5,8-9H2,1-3H3,(H2,14,18). The molecule has 0 aliphatic carbocycles. The number of hydrogen-bond donors (Lipinski definition) is 1. The SMILES string of the molecule is CCN(CC)CCOc1nc(C)ccc1C(N)=S. The van der Waals surface area contributed by atoms with Gasteiger partial charge in [-0.25, -0.2) is 4.98 Å². The van der Waals surface area contributed by atoms with E-state index in [0.717, 1.165) is 25.3 Å². The maximum Gasteiger partial charge on any atom is 0.224 e. The summed E-state index contributed by atoms with van der Waals surface area (Å²) in [6, 6.07) is 3.74. The number of hydrogen-bond acceptors (Lipinski definition) is 4. The molecule has 0 fully saturated rings. The Bertz CT molecular complexity index is 405. The van der Waals surface area contributed by atoms with E-state index in [1.807, 2.05) is 19.1 Å². The van der Waals surface area contributed by atoms with Crippen LogP contribution in [0.3, 0.4) is 0 Å². The fourth-order valence-electron chi connectivity index (χ4n) is 1.64. The van der Waals surface area contributed by atoms with Crippen LogP contribution in [0.5, 0.6) is 5.88 Å². The molecule has 0 aliphatic rings. The molecule has 0 unspecified atom stereocenters. The van der Waals surface area contributed by atoms with E-state index in [1.165, 1.54) is 0 Å². The highest BCUT2D eigenvalue weighted by Crippen LogP contribution is 2.15. The number of rotatable bonds is 7. The van der Waals surface area contributed by atoms with Crippen molar-refractivity contribution in [2.24, 2.45) is 5.73 Å². The van der Waals surface area contributed by atoms with E-state index in [9.17, 15) is 0 Å². The molecule has 0 saturated carbocycles. The average molecular weight is 267 g/mol. The van der Waals surface area contributed by atoms with Crippen molar-refractivity contribution in [3.8, 4) is 5.88 Å². The van der Waals surface area contributed by atoms with Crippen LogP contribution in [0, 0.1) is 6.92 Å². The summed E-state index contributed by atoms with van der Waals surface area (Å²) < 4.78 is 5.69. The largest absolute Gasteiger partial charge is 0.476 e. The molecule has 0 amide bonds. The number of pyridine rings is 1. The van der Waals surface area contributed by atoms with E-state index in [2.05, 4.69) is 23.7 Å². The Labute approximate surface area is 114 Å². The number of thiocarbonyl (C=S) groups is 1. The lowest BCUT2D eigenvalue weighted by Crippen LogP contribution is -2.28. The van der Waals surface area contributed by atoms with E-state index in [4.69, 9.17) is 22.7 Å². The van der Waals surface area contributed by atoms with Gasteiger partial charge in [0, 0.05) is 12.2 Å². The summed E-state index contributed by atoms with van der Waals surface area (Å²) in [5.74, 6) is 0.537. The van der Waals surface area contributed by atoms with Gasteiger partial charge >= 0.3 is 0 Å². The Hall–Kier alpha value is -1.20. The van der Waals surface area contributed by atoms with Gasteiger partial charge in [-0.05, 0) is 32.1 Å². The van der Waals surface area contributed by atoms with Gasteiger partial charge in [-0.1, -0.05) is 26.1 Å². The Morgan fingerprint density at radius 1 is 1.39 bits per heavy atom. The van der Waals surface area contributed by atoms with Crippen LogP contribution >= 0.6 is 12.2 Å². The first kappa shape index (κ1) is 14.9. The summed E-state index contributed by atoms with van der Waals surface area (Å²) in [6.45, 7) is 9.68. The van der Waals surface area contributed by atoms with Crippen LogP contribution in [0.2, 0.25) is 0 Å². The fourth-order valence-corrected chi connectivity index (χ4v) is 1.80. The summed E-state index contributed by atoms with van der Waals surface area (Å²) in [4.78, 5) is 6.94. The molecule has 0 spiro atoms. The van der Waals surface area contributed by atoms with Gasteiger partial charge in [-0.2, -0.15) is 0 Å². The average Bonchev–Trinajstić information content (AvgIpc) is 2.34. The third kappa shape index (κ3) is 4.23. The number of aryl methyl sites for hydroxylation is 1. The van der Waals surface area contributed by atoms with Crippen molar-refractivity contribution >= 4 is 17.2 Å². The molecule has 18 heavy (non-hydrogen) atoms. The molecule has 1 aromatic rings. The van der Waals surface area contributed by atoms with Gasteiger partial charge in [-0.15, -0.1) is 0 Å². The molecular weight excluding hydrogens is 246 g/mol. The van der Waals surface area contributed by atoms with Crippen molar-refractivity contribution in [3.05, 3.63) is 23.4 Å². The number of ether oxygens (including phenoxy) is 1. The predicted molar refractivity (Wildman–Crippen MR) is 78.1 cm³/mol. The summed E-state index contributed by atoms with van der Waals surface area (Å²) >= 11 is 4.99. The molecule has 1 aromatic heterocycles. The second kappa shape index (κ2) is 7.28. The molecule has 0 radical (unpaired) electrons. The minimum absolute atomic E-state index is 0.320. The van der Waals surface area contributed by atoms with Crippen LogP contribution in [-0.4, -0.2) is 41.1 Å². The molecule has 1 heterocycles. The quantitative estimate of drug-likeness (QED) is 0.763. The minimum atomic E-state index is 0.320. The van der Waals surface area contributed by atoms with E-state index in [0.29, 0.717) is 23.0 Å². The van der Waals surface area contributed by atoms with Crippen LogP contribution in [0.4, 0.5) is 0 Å². The third-order valence-electron chi connectivity index (χ3n) is 2.81. The lowest BCUT2D eigenvalue weighted by molar-refractivity contribution is 0.217. The lowest BCUT2D eigenvalue weighted by Gasteiger charge is -2.18. The van der Waals surface area contributed by atoms with Crippen LogP contribution in [0.15, 0.2) is 12.1 Å². The van der Waals surface area contributed by atoms with Crippen LogP contribution in [0.1, 0.15) is 25.1 Å². The zero-order chi connectivity index (χ0) is 13.5. The van der Waals surface area contributed by atoms with Gasteiger partial charge in [0.1, 0.15) is 11.6 Å². The molecule has 5 heteroatoms. The maximum absolute atomic E-state index is 5.69. The van der Waals surface area contributed by atoms with Crippen molar-refractivity contribution in [2.75, 3.05) is 26.2 Å². The first-order valence-corrected chi connectivity index (χ1v) is 6.61. The van der Waals surface area contributed by atoms with Gasteiger partial charge in [0.05, 0.1) is 5.56 Å². The van der Waals surface area contributed by atoms with Gasteiger partial charge in [0.25, 0.3) is 0 Å². The summed E-state index contributed by atoms with van der Waals surface area (Å²) in [7, 11) is 0. The zero-order valence-corrected chi connectivity index (χ0v) is 12.1. The Balaban J connectivity index is 2.66. The lowest BCUT2D eigenvalue weighted by atomic mass is 10.2. The highest BCUT2D eigenvalue weighted by atomic mass is 32.1. The van der Waals surface area contributed by atoms with Crippen molar-refractivity contribution in [1.82, 2.24) is 9.88 Å². The van der Waals surface area contributed by atoms with E-state index in [-0.39, 0.29) is 0 Å². The Morgan fingerprint density at radius 2 is 2.06 bits per heavy atom. The first-order chi connectivity index (χ1) is 8.58. The van der Waals surface area contributed by atoms with Gasteiger partial charge < -0.3 is 15.4 Å². The maximum atomic E-state index is 5.69. The molecule has 0 aromatic carbocycles. The van der Waals surface area contributed by atoms with E-state index < -0.39 is 0 Å². The molecule has 0 aliphatic heterocycles. The number of nitrogens with two attached hydrogens (primary N) is 1. The normalized spacial score (nSPS) is 10.7. The van der Waals surface area contributed by atoms with E-state index in [1.54, 1.807) is 0 Å². The summed E-state index contributed by atoms with van der Waals surface area (Å²) in [5, 5.41) is 0. The number of aromatic nitrogens is 1. The molecule has 0 atom stereocenters. The van der Waals surface area contributed by atoms with Crippen molar-refractivity contribution < 1.29 is 4.74 Å². The van der Waals surface area contributed by atoms with Crippen molar-refractivity contribution in [1.29, 1.82) is 0 Å².